The van der Waals surface area contributed by atoms with Crippen molar-refractivity contribution in [3.8, 4) is 0 Å². The summed E-state index contributed by atoms with van der Waals surface area (Å²) in [4.78, 5) is 17.7. The Morgan fingerprint density at radius 1 is 0.939 bits per heavy atom. The van der Waals surface area contributed by atoms with Crippen molar-refractivity contribution in [2.75, 3.05) is 0 Å². The lowest BCUT2D eigenvalue weighted by Gasteiger charge is -2.16. The van der Waals surface area contributed by atoms with Crippen molar-refractivity contribution in [3.63, 3.8) is 0 Å². The minimum Gasteiger partial charge on any atom is -0.350 e. The van der Waals surface area contributed by atoms with Crippen molar-refractivity contribution in [3.05, 3.63) is 101 Å². The smallest absolute Gasteiger partial charge is 0.240 e. The second-order valence-electron chi connectivity index (χ2n) is 9.01. The minimum absolute atomic E-state index is 0.0374. The highest BCUT2D eigenvalue weighted by atomic mass is 19.1. The highest BCUT2D eigenvalue weighted by molar-refractivity contribution is 5.81. The standard InChI is InChI=1S/C28H30FN3O/c1-19(2)16-21-8-12-23(13-9-21)20(3)28-31-25-6-4-5-7-26(25)32(28)18-27(33)30-17-22-10-14-24(29)15-11-22/h4-15,19-20H,16-18H2,1-3H3,(H,30,33). The van der Waals surface area contributed by atoms with Crippen LogP contribution in [0, 0.1) is 11.7 Å². The van der Waals surface area contributed by atoms with Crippen LogP contribution in [0.15, 0.2) is 72.8 Å². The second-order valence-corrected chi connectivity index (χ2v) is 9.01. The van der Waals surface area contributed by atoms with E-state index in [0.29, 0.717) is 12.5 Å². The molecule has 1 heterocycles. The molecule has 4 aromatic rings. The van der Waals surface area contributed by atoms with Crippen LogP contribution in [0.3, 0.4) is 0 Å². The van der Waals surface area contributed by atoms with E-state index in [4.69, 9.17) is 4.98 Å². The van der Waals surface area contributed by atoms with Crippen molar-refractivity contribution < 1.29 is 9.18 Å². The van der Waals surface area contributed by atoms with E-state index in [0.717, 1.165) is 28.8 Å². The fourth-order valence-electron chi connectivity index (χ4n) is 4.16. The lowest BCUT2D eigenvalue weighted by Crippen LogP contribution is -2.28. The Morgan fingerprint density at radius 3 is 2.30 bits per heavy atom. The number of carbonyl (C=O) groups is 1. The van der Waals surface area contributed by atoms with Crippen LogP contribution in [-0.2, 0) is 24.3 Å². The quantitative estimate of drug-likeness (QED) is 0.372. The Kier molecular flexibility index (Phi) is 6.87. The number of hydrogen-bond donors (Lipinski definition) is 1. The van der Waals surface area contributed by atoms with E-state index >= 15 is 0 Å². The van der Waals surface area contributed by atoms with E-state index in [1.807, 2.05) is 28.8 Å². The van der Waals surface area contributed by atoms with Crippen LogP contribution in [0.1, 0.15) is 49.2 Å². The lowest BCUT2D eigenvalue weighted by atomic mass is 9.96. The number of fused-ring (bicyclic) bond motifs is 1. The molecule has 1 atom stereocenters. The van der Waals surface area contributed by atoms with Gasteiger partial charge in [0.05, 0.1) is 11.0 Å². The van der Waals surface area contributed by atoms with E-state index in [1.54, 1.807) is 12.1 Å². The number of carbonyl (C=O) groups excluding carboxylic acids is 1. The molecule has 33 heavy (non-hydrogen) atoms. The van der Waals surface area contributed by atoms with Crippen molar-refractivity contribution in [1.82, 2.24) is 14.9 Å². The van der Waals surface area contributed by atoms with Gasteiger partial charge in [-0.3, -0.25) is 4.79 Å². The molecule has 0 aliphatic carbocycles. The molecule has 0 aliphatic rings. The van der Waals surface area contributed by atoms with Gasteiger partial charge in [0.2, 0.25) is 5.91 Å². The van der Waals surface area contributed by atoms with Crippen LogP contribution in [0.25, 0.3) is 11.0 Å². The number of aromatic nitrogens is 2. The van der Waals surface area contributed by atoms with Gasteiger partial charge in [-0.2, -0.15) is 0 Å². The summed E-state index contributed by atoms with van der Waals surface area (Å²) < 4.78 is 15.1. The molecule has 1 N–H and O–H groups in total. The first-order valence-electron chi connectivity index (χ1n) is 11.5. The number of halogens is 1. The molecular weight excluding hydrogens is 413 g/mol. The number of amides is 1. The Bertz CT molecular complexity index is 1230. The topological polar surface area (TPSA) is 46.9 Å². The Hall–Kier alpha value is -3.47. The van der Waals surface area contributed by atoms with E-state index in [-0.39, 0.29) is 24.2 Å². The van der Waals surface area contributed by atoms with Crippen molar-refractivity contribution in [1.29, 1.82) is 0 Å². The van der Waals surface area contributed by atoms with E-state index in [9.17, 15) is 9.18 Å². The molecule has 5 heteroatoms. The molecule has 0 bridgehead atoms. The van der Waals surface area contributed by atoms with Crippen molar-refractivity contribution >= 4 is 16.9 Å². The first-order valence-corrected chi connectivity index (χ1v) is 11.5. The maximum absolute atomic E-state index is 13.1. The maximum Gasteiger partial charge on any atom is 0.240 e. The molecule has 0 saturated heterocycles. The SMILES string of the molecule is CC(C)Cc1ccc(C(C)c2nc3ccccc3n2CC(=O)NCc2ccc(F)cc2)cc1. The Labute approximate surface area is 194 Å². The van der Waals surface area contributed by atoms with Crippen LogP contribution < -0.4 is 5.32 Å². The monoisotopic (exact) mass is 443 g/mol. The molecule has 0 spiro atoms. The molecule has 0 saturated carbocycles. The third kappa shape index (κ3) is 5.48. The van der Waals surface area contributed by atoms with Gasteiger partial charge >= 0.3 is 0 Å². The largest absolute Gasteiger partial charge is 0.350 e. The molecule has 0 fully saturated rings. The average molecular weight is 444 g/mol. The van der Waals surface area contributed by atoms with Crippen molar-refractivity contribution in [2.45, 2.75) is 46.2 Å². The number of nitrogens with one attached hydrogen (secondary N) is 1. The zero-order valence-corrected chi connectivity index (χ0v) is 19.4. The molecule has 4 nitrogen and oxygen atoms in total. The number of para-hydroxylation sites is 2. The van der Waals surface area contributed by atoms with E-state index in [1.165, 1.54) is 23.3 Å². The number of imidazole rings is 1. The third-order valence-electron chi connectivity index (χ3n) is 5.90. The highest BCUT2D eigenvalue weighted by Gasteiger charge is 2.20. The molecule has 1 unspecified atom stereocenters. The van der Waals surface area contributed by atoms with E-state index in [2.05, 4.69) is 50.4 Å². The predicted molar refractivity (Wildman–Crippen MR) is 130 cm³/mol. The van der Waals surface area contributed by atoms with Crippen LogP contribution in [-0.4, -0.2) is 15.5 Å². The van der Waals surface area contributed by atoms with Gasteiger partial charge < -0.3 is 9.88 Å². The van der Waals surface area contributed by atoms with Gasteiger partial charge in [0.15, 0.2) is 0 Å². The summed E-state index contributed by atoms with van der Waals surface area (Å²) in [5, 5.41) is 2.94. The maximum atomic E-state index is 13.1. The summed E-state index contributed by atoms with van der Waals surface area (Å²) in [6, 6.07) is 22.8. The molecule has 3 aromatic carbocycles. The lowest BCUT2D eigenvalue weighted by molar-refractivity contribution is -0.121. The van der Waals surface area contributed by atoms with Crippen LogP contribution >= 0.6 is 0 Å². The van der Waals surface area contributed by atoms with Crippen LogP contribution in [0.2, 0.25) is 0 Å². The van der Waals surface area contributed by atoms with Gasteiger partial charge in [-0.1, -0.05) is 69.3 Å². The fourth-order valence-corrected chi connectivity index (χ4v) is 4.16. The summed E-state index contributed by atoms with van der Waals surface area (Å²) in [5.74, 6) is 1.13. The van der Waals surface area contributed by atoms with E-state index < -0.39 is 0 Å². The third-order valence-corrected chi connectivity index (χ3v) is 5.90. The first-order chi connectivity index (χ1) is 15.9. The summed E-state index contributed by atoms with van der Waals surface area (Å²) in [6.45, 7) is 7.10. The van der Waals surface area contributed by atoms with Gasteiger partial charge in [0, 0.05) is 12.5 Å². The number of rotatable bonds is 8. The molecule has 1 amide bonds. The molecular formula is C28H30FN3O. The predicted octanol–water partition coefficient (Wildman–Crippen LogP) is 5.84. The summed E-state index contributed by atoms with van der Waals surface area (Å²) >= 11 is 0. The normalized spacial score (nSPS) is 12.3. The summed E-state index contributed by atoms with van der Waals surface area (Å²) in [5.41, 5.74) is 5.17. The summed E-state index contributed by atoms with van der Waals surface area (Å²) in [7, 11) is 0. The minimum atomic E-state index is -0.286. The van der Waals surface area contributed by atoms with Gasteiger partial charge in [-0.05, 0) is 53.3 Å². The molecule has 170 valence electrons. The second kappa shape index (κ2) is 9.99. The van der Waals surface area contributed by atoms with Crippen molar-refractivity contribution in [2.24, 2.45) is 5.92 Å². The van der Waals surface area contributed by atoms with Gasteiger partial charge in [-0.15, -0.1) is 0 Å². The zero-order chi connectivity index (χ0) is 23.4. The molecule has 1 aromatic heterocycles. The fraction of sp³-hybridized carbons (Fsp3) is 0.286. The highest BCUT2D eigenvalue weighted by Crippen LogP contribution is 2.28. The first kappa shape index (κ1) is 22.7. The summed E-state index contributed by atoms with van der Waals surface area (Å²) in [6.07, 6.45) is 1.06. The van der Waals surface area contributed by atoms with Crippen LogP contribution in [0.5, 0.6) is 0 Å². The number of nitrogens with zero attached hydrogens (tertiary/aromatic N) is 2. The van der Waals surface area contributed by atoms with Gasteiger partial charge in [0.1, 0.15) is 18.2 Å². The van der Waals surface area contributed by atoms with Crippen LogP contribution in [0.4, 0.5) is 4.39 Å². The molecule has 4 rings (SSSR count). The molecule has 0 radical (unpaired) electrons. The number of benzene rings is 3. The Morgan fingerprint density at radius 2 is 1.61 bits per heavy atom. The van der Waals surface area contributed by atoms with Gasteiger partial charge in [-0.25, -0.2) is 9.37 Å². The molecule has 0 aliphatic heterocycles. The number of hydrogen-bond acceptors (Lipinski definition) is 2. The average Bonchev–Trinajstić information content (AvgIpc) is 3.16. The Balaban J connectivity index is 1.56. The van der Waals surface area contributed by atoms with Gasteiger partial charge in [0.25, 0.3) is 0 Å². The zero-order valence-electron chi connectivity index (χ0n) is 19.4.